The van der Waals surface area contributed by atoms with Gasteiger partial charge in [-0.2, -0.15) is 10.5 Å². The van der Waals surface area contributed by atoms with E-state index in [0.29, 0.717) is 12.8 Å². The summed E-state index contributed by atoms with van der Waals surface area (Å²) < 4.78 is 0. The molecule has 0 unspecified atom stereocenters. The molecular weight excluding hydrogens is 162 g/mol. The molecule has 0 saturated heterocycles. The van der Waals surface area contributed by atoms with Crippen LogP contribution in [0.2, 0.25) is 0 Å². The van der Waals surface area contributed by atoms with Crippen molar-refractivity contribution in [3.8, 4) is 12.1 Å². The number of nitriles is 2. The van der Waals surface area contributed by atoms with E-state index in [1.165, 1.54) is 0 Å². The van der Waals surface area contributed by atoms with Gasteiger partial charge in [0.05, 0.1) is 12.1 Å². The molecular formula is C10H17N3. The van der Waals surface area contributed by atoms with E-state index in [0.717, 1.165) is 32.5 Å². The topological polar surface area (TPSA) is 50.8 Å². The Labute approximate surface area is 80.6 Å². The van der Waals surface area contributed by atoms with E-state index < -0.39 is 0 Å². The van der Waals surface area contributed by atoms with Gasteiger partial charge in [0.15, 0.2) is 0 Å². The molecule has 0 spiro atoms. The van der Waals surface area contributed by atoms with E-state index >= 15 is 0 Å². The molecule has 0 aromatic heterocycles. The van der Waals surface area contributed by atoms with Gasteiger partial charge in [-0.05, 0) is 13.0 Å². The summed E-state index contributed by atoms with van der Waals surface area (Å²) in [5.41, 5.74) is 0. The summed E-state index contributed by atoms with van der Waals surface area (Å²) >= 11 is 0. The highest BCUT2D eigenvalue weighted by Crippen LogP contribution is 1.97. The van der Waals surface area contributed by atoms with Crippen LogP contribution in [0.15, 0.2) is 0 Å². The van der Waals surface area contributed by atoms with E-state index in [1.54, 1.807) is 0 Å². The maximum atomic E-state index is 8.42. The molecule has 0 bridgehead atoms. The molecule has 0 aromatic rings. The first-order valence-electron chi connectivity index (χ1n) is 4.81. The fourth-order valence-electron chi connectivity index (χ4n) is 1.13. The zero-order valence-corrected chi connectivity index (χ0v) is 8.29. The highest BCUT2D eigenvalue weighted by Gasteiger charge is 2.02. The van der Waals surface area contributed by atoms with Gasteiger partial charge in [-0.15, -0.1) is 0 Å². The molecule has 0 aliphatic heterocycles. The Balaban J connectivity index is 3.62. The fourth-order valence-corrected chi connectivity index (χ4v) is 1.13. The highest BCUT2D eigenvalue weighted by atomic mass is 15.1. The van der Waals surface area contributed by atoms with Crippen molar-refractivity contribution in [3.05, 3.63) is 0 Å². The minimum absolute atomic E-state index is 0.565. The lowest BCUT2D eigenvalue weighted by Crippen LogP contribution is -2.26. The van der Waals surface area contributed by atoms with Crippen LogP contribution in [0.3, 0.4) is 0 Å². The van der Waals surface area contributed by atoms with Gasteiger partial charge in [0.25, 0.3) is 0 Å². The van der Waals surface area contributed by atoms with Crippen molar-refractivity contribution < 1.29 is 0 Å². The van der Waals surface area contributed by atoms with Crippen LogP contribution in [0, 0.1) is 22.7 Å². The van der Waals surface area contributed by atoms with Crippen molar-refractivity contribution in [1.29, 1.82) is 10.5 Å². The molecule has 3 nitrogen and oxygen atoms in total. The number of hydrogen-bond donors (Lipinski definition) is 0. The number of unbranched alkanes of at least 4 members (excludes halogenated alkanes) is 1. The van der Waals surface area contributed by atoms with Crippen LogP contribution in [-0.4, -0.2) is 24.5 Å². The van der Waals surface area contributed by atoms with Crippen LogP contribution >= 0.6 is 0 Å². The average Bonchev–Trinajstić information content (AvgIpc) is 2.17. The maximum Gasteiger partial charge on any atom is 0.0635 e. The number of rotatable bonds is 7. The lowest BCUT2D eigenvalue weighted by atomic mass is 10.3. The Kier molecular flexibility index (Phi) is 8.30. The van der Waals surface area contributed by atoms with Crippen LogP contribution in [0.25, 0.3) is 0 Å². The maximum absolute atomic E-state index is 8.42. The summed E-state index contributed by atoms with van der Waals surface area (Å²) in [5.74, 6) is 0. The monoisotopic (exact) mass is 179 g/mol. The molecule has 0 atom stereocenters. The standard InChI is InChI=1S/C10H17N3/c1-2-3-8-13(9-4-6-11)10-5-7-12/h2-5,8-10H2,1H3. The van der Waals surface area contributed by atoms with Gasteiger partial charge in [-0.1, -0.05) is 13.3 Å². The third kappa shape index (κ3) is 7.31. The molecule has 0 rings (SSSR count). The second kappa shape index (κ2) is 9.03. The summed E-state index contributed by atoms with van der Waals surface area (Å²) in [5, 5.41) is 16.8. The van der Waals surface area contributed by atoms with Gasteiger partial charge in [-0.3, -0.25) is 0 Å². The third-order valence-corrected chi connectivity index (χ3v) is 1.91. The second-order valence-corrected chi connectivity index (χ2v) is 3.01. The van der Waals surface area contributed by atoms with Gasteiger partial charge >= 0.3 is 0 Å². The molecule has 0 amide bonds. The molecule has 0 N–H and O–H groups in total. The van der Waals surface area contributed by atoms with Gasteiger partial charge in [0, 0.05) is 25.9 Å². The van der Waals surface area contributed by atoms with E-state index in [4.69, 9.17) is 10.5 Å². The number of nitrogens with zero attached hydrogens (tertiary/aromatic N) is 3. The van der Waals surface area contributed by atoms with E-state index in [-0.39, 0.29) is 0 Å². The summed E-state index contributed by atoms with van der Waals surface area (Å²) in [7, 11) is 0. The first-order chi connectivity index (χ1) is 6.35. The van der Waals surface area contributed by atoms with Crippen molar-refractivity contribution in [2.24, 2.45) is 0 Å². The minimum atomic E-state index is 0.565. The van der Waals surface area contributed by atoms with Crippen molar-refractivity contribution >= 4 is 0 Å². The molecule has 72 valence electrons. The smallest absolute Gasteiger partial charge is 0.0635 e. The molecule has 0 aliphatic carbocycles. The Morgan fingerprint density at radius 2 is 1.54 bits per heavy atom. The molecule has 0 fully saturated rings. The summed E-state index contributed by atoms with van der Waals surface area (Å²) in [6.07, 6.45) is 3.44. The molecule has 0 heterocycles. The van der Waals surface area contributed by atoms with Gasteiger partial charge in [0.2, 0.25) is 0 Å². The van der Waals surface area contributed by atoms with Gasteiger partial charge in [0.1, 0.15) is 0 Å². The van der Waals surface area contributed by atoms with Crippen LogP contribution in [0.1, 0.15) is 32.6 Å². The van der Waals surface area contributed by atoms with Gasteiger partial charge in [-0.25, -0.2) is 0 Å². The summed E-state index contributed by atoms with van der Waals surface area (Å²) in [6.45, 7) is 4.77. The first kappa shape index (κ1) is 11.9. The Morgan fingerprint density at radius 1 is 1.00 bits per heavy atom. The van der Waals surface area contributed by atoms with Crippen molar-refractivity contribution in [2.45, 2.75) is 32.6 Å². The van der Waals surface area contributed by atoms with Crippen molar-refractivity contribution in [2.75, 3.05) is 19.6 Å². The minimum Gasteiger partial charge on any atom is -0.301 e. The summed E-state index contributed by atoms with van der Waals surface area (Å²) in [6, 6.07) is 4.25. The van der Waals surface area contributed by atoms with Crippen LogP contribution < -0.4 is 0 Å². The fraction of sp³-hybridized carbons (Fsp3) is 0.800. The molecule has 0 aromatic carbocycles. The average molecular weight is 179 g/mol. The van der Waals surface area contributed by atoms with Crippen LogP contribution in [-0.2, 0) is 0 Å². The largest absolute Gasteiger partial charge is 0.301 e. The van der Waals surface area contributed by atoms with Crippen molar-refractivity contribution in [3.63, 3.8) is 0 Å². The van der Waals surface area contributed by atoms with Crippen LogP contribution in [0.5, 0.6) is 0 Å². The van der Waals surface area contributed by atoms with E-state index in [9.17, 15) is 0 Å². The molecule has 3 heteroatoms. The normalized spacial score (nSPS) is 9.54. The Bertz CT molecular complexity index is 169. The second-order valence-electron chi connectivity index (χ2n) is 3.01. The van der Waals surface area contributed by atoms with E-state index in [2.05, 4.69) is 24.0 Å². The van der Waals surface area contributed by atoms with Gasteiger partial charge < -0.3 is 4.90 Å². The SMILES string of the molecule is CCCCN(CCC#N)CCC#N. The number of hydrogen-bond acceptors (Lipinski definition) is 3. The third-order valence-electron chi connectivity index (χ3n) is 1.91. The molecule has 13 heavy (non-hydrogen) atoms. The zero-order chi connectivity index (χ0) is 9.94. The highest BCUT2D eigenvalue weighted by molar-refractivity contribution is 4.76. The predicted molar refractivity (Wildman–Crippen MR) is 51.8 cm³/mol. The van der Waals surface area contributed by atoms with Crippen LogP contribution in [0.4, 0.5) is 0 Å². The van der Waals surface area contributed by atoms with E-state index in [1.807, 2.05) is 0 Å². The summed E-state index contributed by atoms with van der Waals surface area (Å²) in [4.78, 5) is 2.19. The van der Waals surface area contributed by atoms with Crippen molar-refractivity contribution in [1.82, 2.24) is 4.90 Å². The first-order valence-corrected chi connectivity index (χ1v) is 4.81. The molecule has 0 aliphatic rings. The predicted octanol–water partition coefficient (Wildman–Crippen LogP) is 1.92. The lowest BCUT2D eigenvalue weighted by Gasteiger charge is -2.18. The Morgan fingerprint density at radius 3 is 1.92 bits per heavy atom. The zero-order valence-electron chi connectivity index (χ0n) is 8.29. The quantitative estimate of drug-likeness (QED) is 0.600. The Hall–Kier alpha value is -1.06. The molecule has 0 saturated carbocycles. The molecule has 0 radical (unpaired) electrons. The lowest BCUT2D eigenvalue weighted by molar-refractivity contribution is 0.281.